The van der Waals surface area contributed by atoms with Crippen LogP contribution >= 0.6 is 0 Å². The van der Waals surface area contributed by atoms with Crippen molar-refractivity contribution in [3.63, 3.8) is 0 Å². The normalized spacial score (nSPS) is 9.76. The second-order valence-corrected chi connectivity index (χ2v) is 3.69. The summed E-state index contributed by atoms with van der Waals surface area (Å²) in [5.41, 5.74) is 2.58. The molecule has 0 bridgehead atoms. The molecule has 0 atom stereocenters. The van der Waals surface area contributed by atoms with Gasteiger partial charge in [-0.1, -0.05) is 6.07 Å². The van der Waals surface area contributed by atoms with Crippen LogP contribution in [0.4, 0.5) is 0 Å². The highest BCUT2D eigenvalue weighted by atomic mass is 16.5. The van der Waals surface area contributed by atoms with Gasteiger partial charge in [0.15, 0.2) is 0 Å². The van der Waals surface area contributed by atoms with Crippen LogP contribution in [0, 0.1) is 18.3 Å². The van der Waals surface area contributed by atoms with Crippen LogP contribution in [-0.2, 0) is 22.6 Å². The number of aliphatic hydroxyl groups is 1. The molecule has 0 fully saturated rings. The molecule has 1 N–H and O–H groups in total. The molecule has 4 heteroatoms. The predicted octanol–water partition coefficient (Wildman–Crippen LogP) is 1.46. The molecule has 0 aliphatic heterocycles. The molecule has 0 saturated carbocycles. The minimum atomic E-state index is -0.344. The minimum Gasteiger partial charge on any atom is -0.466 e. The lowest BCUT2D eigenvalue weighted by Gasteiger charge is -2.09. The van der Waals surface area contributed by atoms with Gasteiger partial charge in [0.25, 0.3) is 0 Å². The number of esters is 1. The number of benzene rings is 1. The predicted molar refractivity (Wildman–Crippen MR) is 62.2 cm³/mol. The molecular formula is C13H15NO3. The van der Waals surface area contributed by atoms with Crippen LogP contribution < -0.4 is 0 Å². The summed E-state index contributed by atoms with van der Waals surface area (Å²) < 4.78 is 4.86. The van der Waals surface area contributed by atoms with E-state index in [9.17, 15) is 4.79 Å². The third-order valence-electron chi connectivity index (χ3n) is 2.46. The van der Waals surface area contributed by atoms with Crippen molar-refractivity contribution in [3.8, 4) is 6.07 Å². The Bertz CT molecular complexity index is 460. The van der Waals surface area contributed by atoms with E-state index in [0.717, 1.165) is 5.56 Å². The van der Waals surface area contributed by atoms with Gasteiger partial charge in [0.05, 0.1) is 31.3 Å². The Labute approximate surface area is 100 Å². The zero-order valence-corrected chi connectivity index (χ0v) is 9.99. The van der Waals surface area contributed by atoms with Crippen LogP contribution in [0.15, 0.2) is 12.1 Å². The van der Waals surface area contributed by atoms with Gasteiger partial charge < -0.3 is 9.84 Å². The molecule has 0 saturated heterocycles. The fourth-order valence-electron chi connectivity index (χ4n) is 1.67. The van der Waals surface area contributed by atoms with Gasteiger partial charge in [0.2, 0.25) is 0 Å². The van der Waals surface area contributed by atoms with Crippen molar-refractivity contribution in [1.82, 2.24) is 0 Å². The number of carbonyl (C=O) groups excluding carboxylic acids is 1. The Hall–Kier alpha value is -1.86. The van der Waals surface area contributed by atoms with Crippen molar-refractivity contribution in [2.24, 2.45) is 0 Å². The molecule has 0 heterocycles. The number of nitriles is 1. The van der Waals surface area contributed by atoms with E-state index in [-0.39, 0.29) is 19.0 Å². The van der Waals surface area contributed by atoms with Gasteiger partial charge in [-0.05, 0) is 36.6 Å². The minimum absolute atomic E-state index is 0.0915. The molecule has 1 rings (SSSR count). The van der Waals surface area contributed by atoms with E-state index < -0.39 is 0 Å². The van der Waals surface area contributed by atoms with Crippen molar-refractivity contribution in [2.75, 3.05) is 6.61 Å². The van der Waals surface area contributed by atoms with E-state index in [1.807, 2.05) is 13.0 Å². The third-order valence-corrected chi connectivity index (χ3v) is 2.46. The summed E-state index contributed by atoms with van der Waals surface area (Å²) in [6.07, 6.45) is 0.0915. The first-order valence-electron chi connectivity index (χ1n) is 5.41. The van der Waals surface area contributed by atoms with Gasteiger partial charge in [-0.2, -0.15) is 5.26 Å². The summed E-state index contributed by atoms with van der Waals surface area (Å²) in [6, 6.07) is 5.41. The third kappa shape index (κ3) is 3.30. The average molecular weight is 233 g/mol. The van der Waals surface area contributed by atoms with Crippen LogP contribution in [0.1, 0.15) is 29.2 Å². The molecule has 17 heavy (non-hydrogen) atoms. The van der Waals surface area contributed by atoms with E-state index in [4.69, 9.17) is 15.1 Å². The molecule has 0 spiro atoms. The molecular weight excluding hydrogens is 218 g/mol. The van der Waals surface area contributed by atoms with Gasteiger partial charge in [0.1, 0.15) is 0 Å². The Morgan fingerprint density at radius 2 is 2.24 bits per heavy atom. The first-order chi connectivity index (χ1) is 8.12. The van der Waals surface area contributed by atoms with E-state index in [1.165, 1.54) is 0 Å². The molecule has 1 aromatic carbocycles. The molecule has 0 unspecified atom stereocenters. The van der Waals surface area contributed by atoms with E-state index in [2.05, 4.69) is 0 Å². The van der Waals surface area contributed by atoms with Crippen LogP contribution in [0.3, 0.4) is 0 Å². The first-order valence-corrected chi connectivity index (χ1v) is 5.41. The van der Waals surface area contributed by atoms with E-state index >= 15 is 0 Å². The van der Waals surface area contributed by atoms with Crippen LogP contribution in [0.2, 0.25) is 0 Å². The number of carbonyl (C=O) groups is 1. The van der Waals surface area contributed by atoms with Crippen LogP contribution in [-0.4, -0.2) is 17.7 Å². The standard InChI is InChI=1S/C13H15NO3/c1-3-17-13(16)6-12-9(2)4-10(8-15)5-11(12)7-14/h4-5,15H,3,6,8H2,1-2H3. The largest absolute Gasteiger partial charge is 0.466 e. The summed E-state index contributed by atoms with van der Waals surface area (Å²) in [4.78, 5) is 11.4. The second kappa shape index (κ2) is 6.02. The second-order valence-electron chi connectivity index (χ2n) is 3.69. The Balaban J connectivity index is 3.07. The van der Waals surface area contributed by atoms with Crippen molar-refractivity contribution in [3.05, 3.63) is 34.4 Å². The topological polar surface area (TPSA) is 70.3 Å². The fourth-order valence-corrected chi connectivity index (χ4v) is 1.67. The highest BCUT2D eigenvalue weighted by molar-refractivity contribution is 5.74. The number of aryl methyl sites for hydroxylation is 1. The fraction of sp³-hybridized carbons (Fsp3) is 0.385. The quantitative estimate of drug-likeness (QED) is 0.799. The monoisotopic (exact) mass is 233 g/mol. The lowest BCUT2D eigenvalue weighted by atomic mass is 9.97. The zero-order valence-electron chi connectivity index (χ0n) is 9.99. The summed E-state index contributed by atoms with van der Waals surface area (Å²) >= 11 is 0. The number of nitrogens with zero attached hydrogens (tertiary/aromatic N) is 1. The summed E-state index contributed by atoms with van der Waals surface area (Å²) in [6.45, 7) is 3.77. The maximum atomic E-state index is 11.4. The lowest BCUT2D eigenvalue weighted by molar-refractivity contribution is -0.142. The van der Waals surface area contributed by atoms with Crippen molar-refractivity contribution >= 4 is 5.97 Å². The summed E-state index contributed by atoms with van der Waals surface area (Å²) in [7, 11) is 0. The molecule has 0 aliphatic carbocycles. The Kier molecular flexibility index (Phi) is 4.68. The summed E-state index contributed by atoms with van der Waals surface area (Å²) in [5, 5.41) is 18.1. The Morgan fingerprint density at radius 3 is 2.76 bits per heavy atom. The van der Waals surface area contributed by atoms with Gasteiger partial charge in [-0.3, -0.25) is 4.79 Å². The highest BCUT2D eigenvalue weighted by Gasteiger charge is 2.12. The number of ether oxygens (including phenoxy) is 1. The number of rotatable bonds is 4. The van der Waals surface area contributed by atoms with E-state index in [1.54, 1.807) is 19.1 Å². The van der Waals surface area contributed by atoms with Crippen molar-refractivity contribution < 1.29 is 14.6 Å². The molecule has 90 valence electrons. The number of aliphatic hydroxyl groups excluding tert-OH is 1. The number of hydrogen-bond donors (Lipinski definition) is 1. The zero-order chi connectivity index (χ0) is 12.8. The summed E-state index contributed by atoms with van der Waals surface area (Å²) in [5.74, 6) is -0.344. The van der Waals surface area contributed by atoms with Gasteiger partial charge in [0, 0.05) is 0 Å². The van der Waals surface area contributed by atoms with Gasteiger partial charge in [-0.25, -0.2) is 0 Å². The maximum Gasteiger partial charge on any atom is 0.310 e. The van der Waals surface area contributed by atoms with Gasteiger partial charge >= 0.3 is 5.97 Å². The smallest absolute Gasteiger partial charge is 0.310 e. The lowest BCUT2D eigenvalue weighted by Crippen LogP contribution is -2.10. The van der Waals surface area contributed by atoms with Crippen molar-refractivity contribution in [1.29, 1.82) is 5.26 Å². The van der Waals surface area contributed by atoms with Crippen molar-refractivity contribution in [2.45, 2.75) is 26.9 Å². The molecule has 0 amide bonds. The van der Waals surface area contributed by atoms with Gasteiger partial charge in [-0.15, -0.1) is 0 Å². The van der Waals surface area contributed by atoms with Crippen LogP contribution in [0.5, 0.6) is 0 Å². The Morgan fingerprint density at radius 1 is 1.53 bits per heavy atom. The molecule has 0 aliphatic rings. The van der Waals surface area contributed by atoms with Crippen LogP contribution in [0.25, 0.3) is 0 Å². The maximum absolute atomic E-state index is 11.4. The molecule has 0 aromatic heterocycles. The molecule has 1 aromatic rings. The van der Waals surface area contributed by atoms with E-state index in [0.29, 0.717) is 23.3 Å². The molecule has 0 radical (unpaired) electrons. The average Bonchev–Trinajstić information content (AvgIpc) is 2.31. The SMILES string of the molecule is CCOC(=O)Cc1c(C)cc(CO)cc1C#N. The number of hydrogen-bond acceptors (Lipinski definition) is 4. The first kappa shape index (κ1) is 13.2. The highest BCUT2D eigenvalue weighted by Crippen LogP contribution is 2.18. The molecule has 4 nitrogen and oxygen atoms in total.